The Morgan fingerprint density at radius 3 is 1.82 bits per heavy atom. The standard InChI is InChI=1S/C10H15Si/c1-3-8-5-9(4-2)7-10(11)6-8/h5-7H,3-4,11H2,1-2H3. The number of hydrogen-bond acceptors (Lipinski definition) is 0. The van der Waals surface area contributed by atoms with E-state index in [0.29, 0.717) is 0 Å². The van der Waals surface area contributed by atoms with Crippen LogP contribution in [0.15, 0.2) is 18.2 Å². The first-order chi connectivity index (χ1) is 5.26. The van der Waals surface area contributed by atoms with Gasteiger partial charge in [0.2, 0.25) is 0 Å². The van der Waals surface area contributed by atoms with Crippen molar-refractivity contribution in [1.29, 1.82) is 0 Å². The Hall–Kier alpha value is -0.563. The van der Waals surface area contributed by atoms with Gasteiger partial charge >= 0.3 is 0 Å². The predicted molar refractivity (Wildman–Crippen MR) is 53.4 cm³/mol. The lowest BCUT2D eigenvalue weighted by Crippen LogP contribution is -2.04. The van der Waals surface area contributed by atoms with Crippen molar-refractivity contribution < 1.29 is 0 Å². The summed E-state index contributed by atoms with van der Waals surface area (Å²) in [6.07, 6.45) is 2.30. The minimum atomic E-state index is 1.15. The molecule has 0 amide bonds. The summed E-state index contributed by atoms with van der Waals surface area (Å²) in [5, 5.41) is 1.42. The fourth-order valence-electron chi connectivity index (χ4n) is 1.25. The summed E-state index contributed by atoms with van der Waals surface area (Å²) in [4.78, 5) is 0. The van der Waals surface area contributed by atoms with E-state index in [2.05, 4.69) is 32.0 Å². The van der Waals surface area contributed by atoms with E-state index < -0.39 is 0 Å². The fraction of sp³-hybridized carbons (Fsp3) is 0.400. The molecule has 0 spiro atoms. The first-order valence-corrected chi connectivity index (χ1v) is 4.91. The van der Waals surface area contributed by atoms with Gasteiger partial charge in [-0.1, -0.05) is 37.2 Å². The monoisotopic (exact) mass is 163 g/mol. The summed E-state index contributed by atoms with van der Waals surface area (Å²) in [5.74, 6) is 0. The molecule has 1 radical (unpaired) electrons. The average molecular weight is 163 g/mol. The van der Waals surface area contributed by atoms with Gasteiger partial charge in [0, 0.05) is 10.2 Å². The van der Waals surface area contributed by atoms with Crippen molar-refractivity contribution in [2.24, 2.45) is 0 Å². The Morgan fingerprint density at radius 2 is 1.45 bits per heavy atom. The molecule has 0 unspecified atom stereocenters. The van der Waals surface area contributed by atoms with Crippen molar-refractivity contribution in [2.75, 3.05) is 0 Å². The molecular weight excluding hydrogens is 148 g/mol. The molecule has 0 aliphatic heterocycles. The molecule has 59 valence electrons. The minimum absolute atomic E-state index is 1.15. The number of aryl methyl sites for hydroxylation is 2. The van der Waals surface area contributed by atoms with Crippen molar-refractivity contribution in [2.45, 2.75) is 26.7 Å². The van der Waals surface area contributed by atoms with E-state index in [0.717, 1.165) is 12.8 Å². The van der Waals surface area contributed by atoms with Gasteiger partial charge in [0.05, 0.1) is 0 Å². The van der Waals surface area contributed by atoms with E-state index in [1.807, 2.05) is 10.2 Å². The van der Waals surface area contributed by atoms with Crippen molar-refractivity contribution in [3.8, 4) is 0 Å². The van der Waals surface area contributed by atoms with Crippen LogP contribution in [0.25, 0.3) is 0 Å². The van der Waals surface area contributed by atoms with Gasteiger partial charge in [-0.05, 0) is 24.0 Å². The number of hydrogen-bond donors (Lipinski definition) is 0. The molecule has 0 N–H and O–H groups in total. The van der Waals surface area contributed by atoms with Gasteiger partial charge < -0.3 is 0 Å². The molecule has 1 rings (SSSR count). The highest BCUT2D eigenvalue weighted by molar-refractivity contribution is 6.32. The molecule has 1 heteroatoms. The zero-order valence-corrected chi connectivity index (χ0v) is 8.77. The third-order valence-corrected chi connectivity index (χ3v) is 2.34. The van der Waals surface area contributed by atoms with Crippen LogP contribution in [0.3, 0.4) is 0 Å². The van der Waals surface area contributed by atoms with Crippen LogP contribution in [-0.4, -0.2) is 10.2 Å². The Balaban J connectivity index is 3.02. The summed E-state index contributed by atoms with van der Waals surface area (Å²) < 4.78 is 0. The first kappa shape index (κ1) is 8.53. The molecule has 0 saturated heterocycles. The van der Waals surface area contributed by atoms with E-state index in [4.69, 9.17) is 0 Å². The maximum absolute atomic E-state index is 2.30. The van der Waals surface area contributed by atoms with Gasteiger partial charge in [0.1, 0.15) is 0 Å². The Kier molecular flexibility index (Phi) is 2.89. The normalized spacial score (nSPS) is 10.1. The van der Waals surface area contributed by atoms with Crippen LogP contribution in [0.1, 0.15) is 25.0 Å². The Labute approximate surface area is 72.1 Å². The van der Waals surface area contributed by atoms with Crippen LogP contribution in [0, 0.1) is 0 Å². The van der Waals surface area contributed by atoms with Crippen molar-refractivity contribution in [3.63, 3.8) is 0 Å². The lowest BCUT2D eigenvalue weighted by molar-refractivity contribution is 1.09. The smallest absolute Gasteiger partial charge is 0.0477 e. The molecule has 1 aromatic carbocycles. The number of benzene rings is 1. The second kappa shape index (κ2) is 3.72. The van der Waals surface area contributed by atoms with Gasteiger partial charge in [-0.2, -0.15) is 0 Å². The third-order valence-electron chi connectivity index (χ3n) is 1.93. The largest absolute Gasteiger partial charge is 0.0692 e. The van der Waals surface area contributed by atoms with Crippen LogP contribution in [0.2, 0.25) is 0 Å². The van der Waals surface area contributed by atoms with Crippen molar-refractivity contribution in [3.05, 3.63) is 29.3 Å². The van der Waals surface area contributed by atoms with Gasteiger partial charge in [-0.25, -0.2) is 0 Å². The van der Waals surface area contributed by atoms with E-state index in [1.165, 1.54) is 16.3 Å². The SMILES string of the molecule is CCc1cc([SiH2])cc(CC)c1. The summed E-state index contributed by atoms with van der Waals surface area (Å²) >= 11 is 0. The van der Waals surface area contributed by atoms with Crippen LogP contribution in [0.5, 0.6) is 0 Å². The molecule has 0 heterocycles. The predicted octanol–water partition coefficient (Wildman–Crippen LogP) is 1.07. The maximum atomic E-state index is 2.30. The molecule has 0 aliphatic rings. The molecule has 0 fully saturated rings. The van der Waals surface area contributed by atoms with Crippen molar-refractivity contribution in [1.82, 2.24) is 0 Å². The highest BCUT2D eigenvalue weighted by Crippen LogP contribution is 2.03. The van der Waals surface area contributed by atoms with Gasteiger partial charge in [0.15, 0.2) is 0 Å². The molecule has 0 atom stereocenters. The van der Waals surface area contributed by atoms with Gasteiger partial charge in [-0.15, -0.1) is 0 Å². The highest BCUT2D eigenvalue weighted by atomic mass is 28.1. The third kappa shape index (κ3) is 2.19. The van der Waals surface area contributed by atoms with E-state index in [-0.39, 0.29) is 0 Å². The summed E-state index contributed by atoms with van der Waals surface area (Å²) in [7, 11) is 1.97. The van der Waals surface area contributed by atoms with Gasteiger partial charge in [-0.3, -0.25) is 0 Å². The lowest BCUT2D eigenvalue weighted by Gasteiger charge is -2.02. The second-order valence-corrected chi connectivity index (χ2v) is 3.68. The molecule has 0 nitrogen and oxygen atoms in total. The van der Waals surface area contributed by atoms with Crippen LogP contribution in [0.4, 0.5) is 0 Å². The minimum Gasteiger partial charge on any atom is -0.0692 e. The van der Waals surface area contributed by atoms with E-state index in [9.17, 15) is 0 Å². The van der Waals surface area contributed by atoms with E-state index in [1.54, 1.807) is 0 Å². The van der Waals surface area contributed by atoms with Crippen LogP contribution in [-0.2, 0) is 12.8 Å². The molecular formula is C10H15Si. The Morgan fingerprint density at radius 1 is 1.00 bits per heavy atom. The average Bonchev–Trinajstić information content (AvgIpc) is 2.03. The van der Waals surface area contributed by atoms with Crippen molar-refractivity contribution >= 4 is 15.4 Å². The fourth-order valence-corrected chi connectivity index (χ4v) is 1.77. The summed E-state index contributed by atoms with van der Waals surface area (Å²) in [6.45, 7) is 4.41. The quantitative estimate of drug-likeness (QED) is 0.572. The first-order valence-electron chi connectivity index (χ1n) is 4.21. The highest BCUT2D eigenvalue weighted by Gasteiger charge is 1.93. The van der Waals surface area contributed by atoms with Crippen LogP contribution >= 0.6 is 0 Å². The molecule has 0 saturated carbocycles. The molecule has 0 bridgehead atoms. The maximum Gasteiger partial charge on any atom is 0.0477 e. The topological polar surface area (TPSA) is 0 Å². The molecule has 0 aliphatic carbocycles. The molecule has 1 aromatic rings. The molecule has 0 aromatic heterocycles. The Bertz CT molecular complexity index is 218. The van der Waals surface area contributed by atoms with Crippen LogP contribution < -0.4 is 5.19 Å². The summed E-state index contributed by atoms with van der Waals surface area (Å²) in [5.41, 5.74) is 2.93. The van der Waals surface area contributed by atoms with Gasteiger partial charge in [0.25, 0.3) is 0 Å². The number of rotatable bonds is 2. The van der Waals surface area contributed by atoms with E-state index >= 15 is 0 Å². The zero-order valence-electron chi connectivity index (χ0n) is 7.35. The zero-order chi connectivity index (χ0) is 8.27. The molecule has 11 heavy (non-hydrogen) atoms. The second-order valence-electron chi connectivity index (χ2n) is 2.86. The summed E-state index contributed by atoms with van der Waals surface area (Å²) in [6, 6.07) is 6.85. The lowest BCUT2D eigenvalue weighted by atomic mass is 10.1.